The van der Waals surface area contributed by atoms with Gasteiger partial charge in [-0.05, 0) is 19.1 Å². The van der Waals surface area contributed by atoms with Crippen molar-refractivity contribution in [1.82, 2.24) is 4.98 Å². The first kappa shape index (κ1) is 9.27. The molecule has 14 heavy (non-hydrogen) atoms. The summed E-state index contributed by atoms with van der Waals surface area (Å²) in [5.74, 6) is 0.451. The number of carbonyl (C=O) groups excluding carboxylic acids is 1. The number of nitrogens with one attached hydrogen (secondary N) is 1. The second kappa shape index (κ2) is 2.85. The normalized spacial score (nSPS) is 25.6. The number of pyridine rings is 1. The van der Waals surface area contributed by atoms with E-state index in [1.165, 1.54) is 4.90 Å². The lowest BCUT2D eigenvalue weighted by Gasteiger charge is -2.35. The van der Waals surface area contributed by atoms with Gasteiger partial charge in [0.2, 0.25) is 0 Å². The molecule has 1 aromatic rings. The van der Waals surface area contributed by atoms with Gasteiger partial charge in [-0.25, -0.2) is 4.98 Å². The minimum absolute atomic E-state index is 0.181. The summed E-state index contributed by atoms with van der Waals surface area (Å²) in [5.41, 5.74) is 0.746. The van der Waals surface area contributed by atoms with Crippen molar-refractivity contribution in [2.75, 3.05) is 17.3 Å². The molecule has 0 saturated carbocycles. The van der Waals surface area contributed by atoms with Crippen LogP contribution < -0.4 is 10.2 Å². The standard InChI is InChI=1S/C9H10ClN3O/c1-9(10)8(14)13(2)6-4-3-5-11-7(6)12-9/h3-5H,1-2H3,(H,11,12)/t9-/m0/s1. The molecule has 0 aromatic carbocycles. The number of alkyl halides is 1. The molecule has 2 rings (SSSR count). The van der Waals surface area contributed by atoms with Crippen molar-refractivity contribution in [1.29, 1.82) is 0 Å². The summed E-state index contributed by atoms with van der Waals surface area (Å²) >= 11 is 6.00. The molecule has 5 heteroatoms. The summed E-state index contributed by atoms with van der Waals surface area (Å²) in [6.07, 6.45) is 1.66. The van der Waals surface area contributed by atoms with Crippen LogP contribution in [0.4, 0.5) is 11.5 Å². The van der Waals surface area contributed by atoms with Gasteiger partial charge in [-0.1, -0.05) is 11.6 Å². The molecule has 1 aliphatic heterocycles. The van der Waals surface area contributed by atoms with Crippen LogP contribution in [0.5, 0.6) is 0 Å². The Kier molecular flexibility index (Phi) is 1.89. The summed E-state index contributed by atoms with van der Waals surface area (Å²) in [4.78, 5) is 16.2. The first-order chi connectivity index (χ1) is 6.52. The van der Waals surface area contributed by atoms with E-state index in [9.17, 15) is 4.79 Å². The van der Waals surface area contributed by atoms with E-state index < -0.39 is 5.00 Å². The zero-order valence-electron chi connectivity index (χ0n) is 7.91. The molecule has 2 heterocycles. The fourth-order valence-electron chi connectivity index (χ4n) is 1.46. The largest absolute Gasteiger partial charge is 0.342 e. The maximum absolute atomic E-state index is 11.7. The monoisotopic (exact) mass is 211 g/mol. The topological polar surface area (TPSA) is 45.2 Å². The van der Waals surface area contributed by atoms with E-state index in [1.807, 2.05) is 6.07 Å². The molecular weight excluding hydrogens is 202 g/mol. The van der Waals surface area contributed by atoms with Gasteiger partial charge in [0.15, 0.2) is 10.8 Å². The van der Waals surface area contributed by atoms with Gasteiger partial charge in [0, 0.05) is 13.2 Å². The highest BCUT2D eigenvalue weighted by Crippen LogP contribution is 2.33. The highest BCUT2D eigenvalue weighted by Gasteiger charge is 2.39. The zero-order chi connectivity index (χ0) is 10.3. The molecule has 1 N–H and O–H groups in total. The van der Waals surface area contributed by atoms with Crippen LogP contribution in [0.15, 0.2) is 18.3 Å². The highest BCUT2D eigenvalue weighted by atomic mass is 35.5. The molecule has 4 nitrogen and oxygen atoms in total. The fraction of sp³-hybridized carbons (Fsp3) is 0.333. The van der Waals surface area contributed by atoms with Gasteiger partial charge in [-0.3, -0.25) is 4.79 Å². The number of hydrogen-bond donors (Lipinski definition) is 1. The van der Waals surface area contributed by atoms with Crippen LogP contribution in [0.2, 0.25) is 0 Å². The average Bonchev–Trinajstić information content (AvgIpc) is 2.14. The number of fused-ring (bicyclic) bond motifs is 1. The number of carbonyl (C=O) groups is 1. The molecule has 0 spiro atoms. The van der Waals surface area contributed by atoms with Crippen molar-refractivity contribution in [2.45, 2.75) is 11.9 Å². The molecular formula is C9H10ClN3O. The SMILES string of the molecule is CN1C(=O)[C@@](C)(Cl)Nc2ncccc21. The number of halogens is 1. The maximum Gasteiger partial charge on any atom is 0.267 e. The van der Waals surface area contributed by atoms with Gasteiger partial charge in [0.25, 0.3) is 5.91 Å². The van der Waals surface area contributed by atoms with E-state index in [-0.39, 0.29) is 5.91 Å². The molecule has 0 radical (unpaired) electrons. The number of hydrogen-bond acceptors (Lipinski definition) is 3. The average molecular weight is 212 g/mol. The lowest BCUT2D eigenvalue weighted by Crippen LogP contribution is -2.50. The summed E-state index contributed by atoms with van der Waals surface area (Å²) in [5, 5.41) is 2.88. The molecule has 0 fully saturated rings. The molecule has 0 bridgehead atoms. The summed E-state index contributed by atoms with van der Waals surface area (Å²) in [6, 6.07) is 3.60. The Labute approximate surface area is 86.9 Å². The third-order valence-corrected chi connectivity index (χ3v) is 2.46. The van der Waals surface area contributed by atoms with Crippen LogP contribution in [-0.2, 0) is 4.79 Å². The van der Waals surface area contributed by atoms with E-state index in [4.69, 9.17) is 11.6 Å². The second-order valence-electron chi connectivity index (χ2n) is 3.36. The minimum atomic E-state index is -1.10. The van der Waals surface area contributed by atoms with Crippen LogP contribution in [-0.4, -0.2) is 22.9 Å². The van der Waals surface area contributed by atoms with Gasteiger partial charge in [0.1, 0.15) is 0 Å². The molecule has 0 saturated heterocycles. The Balaban J connectivity index is 2.53. The molecule has 1 aliphatic rings. The van der Waals surface area contributed by atoms with E-state index >= 15 is 0 Å². The number of nitrogens with zero attached hydrogens (tertiary/aromatic N) is 2. The summed E-state index contributed by atoms with van der Waals surface area (Å²) in [7, 11) is 1.68. The molecule has 1 atom stereocenters. The minimum Gasteiger partial charge on any atom is -0.342 e. The van der Waals surface area contributed by atoms with Gasteiger partial charge in [0.05, 0.1) is 5.69 Å². The van der Waals surface area contributed by atoms with Gasteiger partial charge >= 0.3 is 0 Å². The molecule has 0 aliphatic carbocycles. The van der Waals surface area contributed by atoms with Crippen LogP contribution in [0.3, 0.4) is 0 Å². The predicted octanol–water partition coefficient (Wildman–Crippen LogP) is 1.42. The van der Waals surface area contributed by atoms with Crippen molar-refractivity contribution < 1.29 is 4.79 Å². The van der Waals surface area contributed by atoms with Crippen molar-refractivity contribution in [3.8, 4) is 0 Å². The van der Waals surface area contributed by atoms with Crippen LogP contribution in [0, 0.1) is 0 Å². The smallest absolute Gasteiger partial charge is 0.267 e. The number of anilines is 2. The third kappa shape index (κ3) is 1.23. The predicted molar refractivity (Wildman–Crippen MR) is 55.5 cm³/mol. The van der Waals surface area contributed by atoms with Gasteiger partial charge < -0.3 is 10.2 Å². The molecule has 0 unspecified atom stereocenters. The van der Waals surface area contributed by atoms with E-state index in [0.717, 1.165) is 5.69 Å². The Bertz CT molecular complexity index is 391. The lowest BCUT2D eigenvalue weighted by molar-refractivity contribution is -0.120. The fourth-order valence-corrected chi connectivity index (χ4v) is 1.68. The maximum atomic E-state index is 11.7. The second-order valence-corrected chi connectivity index (χ2v) is 4.12. The van der Waals surface area contributed by atoms with E-state index in [2.05, 4.69) is 10.3 Å². The number of aromatic nitrogens is 1. The Hall–Kier alpha value is -1.29. The number of rotatable bonds is 0. The molecule has 74 valence electrons. The molecule has 1 amide bonds. The summed E-state index contributed by atoms with van der Waals surface area (Å²) < 4.78 is 0. The van der Waals surface area contributed by atoms with Crippen molar-refractivity contribution in [3.63, 3.8) is 0 Å². The Morgan fingerprint density at radius 2 is 2.36 bits per heavy atom. The van der Waals surface area contributed by atoms with E-state index in [0.29, 0.717) is 5.82 Å². The first-order valence-corrected chi connectivity index (χ1v) is 4.60. The van der Waals surface area contributed by atoms with Crippen molar-refractivity contribution in [3.05, 3.63) is 18.3 Å². The van der Waals surface area contributed by atoms with Crippen LogP contribution in [0.25, 0.3) is 0 Å². The van der Waals surface area contributed by atoms with Gasteiger partial charge in [-0.15, -0.1) is 0 Å². The zero-order valence-corrected chi connectivity index (χ0v) is 8.67. The number of likely N-dealkylation sites (N-methyl/N-ethyl adjacent to an activating group) is 1. The van der Waals surface area contributed by atoms with Crippen molar-refractivity contribution in [2.24, 2.45) is 0 Å². The first-order valence-electron chi connectivity index (χ1n) is 4.22. The lowest BCUT2D eigenvalue weighted by atomic mass is 10.2. The summed E-state index contributed by atoms with van der Waals surface area (Å²) in [6.45, 7) is 1.62. The van der Waals surface area contributed by atoms with Crippen LogP contribution >= 0.6 is 11.6 Å². The number of amides is 1. The Morgan fingerprint density at radius 3 is 3.07 bits per heavy atom. The van der Waals surface area contributed by atoms with Gasteiger partial charge in [-0.2, -0.15) is 0 Å². The van der Waals surface area contributed by atoms with E-state index in [1.54, 1.807) is 26.2 Å². The van der Waals surface area contributed by atoms with Crippen molar-refractivity contribution >= 4 is 29.0 Å². The molecule has 1 aromatic heterocycles. The van der Waals surface area contributed by atoms with Crippen LogP contribution in [0.1, 0.15) is 6.92 Å². The highest BCUT2D eigenvalue weighted by molar-refractivity contribution is 6.38. The quantitative estimate of drug-likeness (QED) is 0.522. The third-order valence-electron chi connectivity index (χ3n) is 2.21. The Morgan fingerprint density at radius 1 is 1.64 bits per heavy atom.